The van der Waals surface area contributed by atoms with E-state index in [0.29, 0.717) is 17.4 Å². The fourth-order valence-corrected chi connectivity index (χ4v) is 10.2. The zero-order valence-corrected chi connectivity index (χ0v) is 53.5. The number of quaternary nitrogens is 1. The van der Waals surface area contributed by atoms with Crippen molar-refractivity contribution in [2.24, 2.45) is 0 Å². The molecule has 0 aliphatic carbocycles. The normalized spacial score (nSPS) is 14.1. The molecule has 0 saturated carbocycles. The van der Waals surface area contributed by atoms with E-state index in [4.69, 9.17) is 13.8 Å². The molecule has 0 aliphatic rings. The van der Waals surface area contributed by atoms with Crippen molar-refractivity contribution in [1.82, 2.24) is 5.32 Å². The minimum absolute atomic E-state index is 0.0259. The molecule has 0 aliphatic heterocycles. The van der Waals surface area contributed by atoms with Gasteiger partial charge in [0.05, 0.1) is 33.8 Å². The van der Waals surface area contributed by atoms with Gasteiger partial charge in [-0.25, -0.2) is 0 Å². The first-order valence-electron chi connectivity index (χ1n) is 33.2. The van der Waals surface area contributed by atoms with Gasteiger partial charge < -0.3 is 28.5 Å². The molecule has 0 aromatic carbocycles. The second-order valence-corrected chi connectivity index (χ2v) is 25.0. The van der Waals surface area contributed by atoms with Gasteiger partial charge in [0.1, 0.15) is 19.3 Å². The summed E-state index contributed by atoms with van der Waals surface area (Å²) in [6.45, 7) is 6.82. The summed E-state index contributed by atoms with van der Waals surface area (Å²) < 4.78 is 30.4. The van der Waals surface area contributed by atoms with Gasteiger partial charge in [0.15, 0.2) is 0 Å². The minimum Gasteiger partial charge on any atom is -0.756 e. The van der Waals surface area contributed by atoms with Gasteiger partial charge in [-0.3, -0.25) is 14.2 Å². The van der Waals surface area contributed by atoms with Crippen LogP contribution in [0.4, 0.5) is 0 Å². The average Bonchev–Trinajstić information content (AvgIpc) is 3.41. The van der Waals surface area contributed by atoms with Crippen LogP contribution in [0, 0.1) is 0 Å². The van der Waals surface area contributed by atoms with Crippen molar-refractivity contribution < 1.29 is 37.3 Å². The van der Waals surface area contributed by atoms with Crippen LogP contribution in [-0.4, -0.2) is 69.4 Å². The molecule has 10 heteroatoms. The van der Waals surface area contributed by atoms with Crippen LogP contribution in [0.15, 0.2) is 72.9 Å². The second kappa shape index (κ2) is 58.6. The van der Waals surface area contributed by atoms with Crippen molar-refractivity contribution in [2.45, 2.75) is 315 Å². The van der Waals surface area contributed by atoms with Gasteiger partial charge in [-0.15, -0.1) is 0 Å². The molecule has 0 bridgehead atoms. The van der Waals surface area contributed by atoms with Crippen molar-refractivity contribution in [2.75, 3.05) is 40.9 Å². The molecule has 3 atom stereocenters. The number of nitrogens with one attached hydrogen (secondary N) is 1. The summed E-state index contributed by atoms with van der Waals surface area (Å²) in [7, 11) is 1.18. The Balaban J connectivity index is 5.16. The van der Waals surface area contributed by atoms with E-state index in [9.17, 15) is 19.0 Å². The quantitative estimate of drug-likeness (QED) is 0.0212. The van der Waals surface area contributed by atoms with Crippen LogP contribution >= 0.6 is 7.82 Å². The second-order valence-electron chi connectivity index (χ2n) is 23.6. The first kappa shape index (κ1) is 76.5. The molecule has 1 N–H and O–H groups in total. The Morgan fingerprint density at radius 2 is 0.772 bits per heavy atom. The molecule has 0 aromatic rings. The number of hydrogen-bond acceptors (Lipinski definition) is 7. The zero-order valence-electron chi connectivity index (χ0n) is 52.6. The lowest BCUT2D eigenvalue weighted by Crippen LogP contribution is -2.47. The number of carbonyl (C=O) groups is 2. The van der Waals surface area contributed by atoms with E-state index < -0.39 is 26.6 Å². The largest absolute Gasteiger partial charge is 0.756 e. The number of rotatable bonds is 60. The highest BCUT2D eigenvalue weighted by Gasteiger charge is 2.27. The number of unbranched alkanes of at least 4 members (excludes halogenated alkanes) is 34. The fourth-order valence-electron chi connectivity index (χ4n) is 9.44. The SMILES string of the molecule is CCCCC/C=C\C/C=C\C/C=C\C/C=C\CCCCCCCCCCCC(=O)NC(COP(=O)([O-])OCC[N+](C)(C)C)C(/C=C\CCCCCCCCCCCCC)OC(=O)CCCCCCCCC/C=C\CCCCCC. The monoisotopic (exact) mass is 1130 g/mol. The maximum Gasteiger partial charge on any atom is 0.306 e. The molecule has 9 nitrogen and oxygen atoms in total. The van der Waals surface area contributed by atoms with Gasteiger partial charge >= 0.3 is 5.97 Å². The van der Waals surface area contributed by atoms with Gasteiger partial charge in [-0.05, 0) is 102 Å². The third kappa shape index (κ3) is 59.9. The predicted molar refractivity (Wildman–Crippen MR) is 339 cm³/mol. The third-order valence-corrected chi connectivity index (χ3v) is 15.6. The van der Waals surface area contributed by atoms with Crippen molar-refractivity contribution >= 4 is 19.7 Å². The highest BCUT2D eigenvalue weighted by atomic mass is 31.2. The molecule has 0 radical (unpaired) electrons. The average molecular weight is 1130 g/mol. The van der Waals surface area contributed by atoms with Gasteiger partial charge in [0.2, 0.25) is 5.91 Å². The Hall–Kier alpha value is -2.55. The molecule has 0 spiro atoms. The van der Waals surface area contributed by atoms with Gasteiger partial charge in [-0.1, -0.05) is 261 Å². The van der Waals surface area contributed by atoms with Crippen LogP contribution in [0.5, 0.6) is 0 Å². The lowest BCUT2D eigenvalue weighted by molar-refractivity contribution is -0.870. The highest BCUT2D eigenvalue weighted by Crippen LogP contribution is 2.38. The first-order chi connectivity index (χ1) is 38.4. The Labute approximate surface area is 489 Å². The number of allylic oxidation sites excluding steroid dienone is 11. The van der Waals surface area contributed by atoms with Gasteiger partial charge in [-0.2, -0.15) is 0 Å². The van der Waals surface area contributed by atoms with E-state index in [2.05, 4.69) is 86.8 Å². The van der Waals surface area contributed by atoms with Crippen molar-refractivity contribution in [3.63, 3.8) is 0 Å². The molecule has 0 heterocycles. The van der Waals surface area contributed by atoms with Crippen LogP contribution in [-0.2, 0) is 27.9 Å². The summed E-state index contributed by atoms with van der Waals surface area (Å²) in [5, 5.41) is 3.03. The summed E-state index contributed by atoms with van der Waals surface area (Å²) in [5.41, 5.74) is 0. The lowest BCUT2D eigenvalue weighted by atomic mass is 10.0. The highest BCUT2D eigenvalue weighted by molar-refractivity contribution is 7.45. The molecular weight excluding hydrogens is 1000 g/mol. The summed E-state index contributed by atoms with van der Waals surface area (Å²) >= 11 is 0. The van der Waals surface area contributed by atoms with E-state index in [1.807, 2.05) is 33.3 Å². The van der Waals surface area contributed by atoms with Crippen LogP contribution in [0.25, 0.3) is 0 Å². The Kier molecular flexibility index (Phi) is 56.7. The molecule has 460 valence electrons. The number of ether oxygens (including phenoxy) is 1. The van der Waals surface area contributed by atoms with Crippen LogP contribution < -0.4 is 10.2 Å². The molecule has 1 amide bonds. The van der Waals surface area contributed by atoms with E-state index in [-0.39, 0.29) is 24.9 Å². The molecule has 0 aromatic heterocycles. The van der Waals surface area contributed by atoms with Crippen molar-refractivity contribution in [1.29, 1.82) is 0 Å². The number of phosphoric acid groups is 1. The van der Waals surface area contributed by atoms with Crippen molar-refractivity contribution in [3.8, 4) is 0 Å². The Morgan fingerprint density at radius 3 is 1.20 bits per heavy atom. The lowest BCUT2D eigenvalue weighted by Gasteiger charge is -2.30. The van der Waals surface area contributed by atoms with E-state index in [0.717, 1.165) is 103 Å². The number of likely N-dealkylation sites (N-methyl/N-ethyl adjacent to an activating group) is 1. The van der Waals surface area contributed by atoms with E-state index in [1.165, 1.54) is 167 Å². The molecule has 79 heavy (non-hydrogen) atoms. The van der Waals surface area contributed by atoms with Crippen LogP contribution in [0.1, 0.15) is 303 Å². The van der Waals surface area contributed by atoms with Crippen LogP contribution in [0.3, 0.4) is 0 Å². The fraction of sp³-hybridized carbons (Fsp3) is 0.797. The molecular formula is C69H127N2O7P. The zero-order chi connectivity index (χ0) is 57.9. The van der Waals surface area contributed by atoms with Crippen LogP contribution in [0.2, 0.25) is 0 Å². The summed E-state index contributed by atoms with van der Waals surface area (Å²) in [6, 6.07) is -0.896. The summed E-state index contributed by atoms with van der Waals surface area (Å²) in [6.07, 6.45) is 75.8. The van der Waals surface area contributed by atoms with Gasteiger partial charge in [0, 0.05) is 12.8 Å². The number of phosphoric ester groups is 1. The smallest absolute Gasteiger partial charge is 0.306 e. The molecule has 0 saturated heterocycles. The molecule has 0 fully saturated rings. The predicted octanol–water partition coefficient (Wildman–Crippen LogP) is 20.2. The number of amides is 1. The number of nitrogens with zero attached hydrogens (tertiary/aromatic N) is 1. The minimum atomic E-state index is -4.71. The summed E-state index contributed by atoms with van der Waals surface area (Å²) in [4.78, 5) is 40.1. The van der Waals surface area contributed by atoms with E-state index in [1.54, 1.807) is 0 Å². The standard InChI is InChI=1S/C69H127N2O7P/c1-7-10-13-16-19-22-25-28-30-31-32-33-34-35-36-37-38-39-41-43-46-49-52-55-58-61-68(72)70-66(65-77-79(74,75)76-64-63-71(4,5)6)67(60-57-54-51-48-45-42-27-24-21-18-15-12-9-3)78-69(73)62-59-56-53-50-47-44-40-29-26-23-20-17-14-11-8-2/h19,22-23,26,28,30,32-33,35-36,57,60,66-67H,7-18,20-21,24-25,27,29,31,34,37-56,58-59,61-65H2,1-6H3,(H-,70,72,74,75)/b22-19-,26-23-,30-28-,33-32-,36-35-,60-57-. The Bertz CT molecular complexity index is 1580. The number of esters is 1. The maximum atomic E-state index is 13.6. The first-order valence-corrected chi connectivity index (χ1v) is 34.7. The summed E-state index contributed by atoms with van der Waals surface area (Å²) in [5.74, 6) is -0.547. The van der Waals surface area contributed by atoms with E-state index >= 15 is 0 Å². The Morgan fingerprint density at radius 1 is 0.443 bits per heavy atom. The number of carbonyl (C=O) groups excluding carboxylic acids is 2. The third-order valence-electron chi connectivity index (χ3n) is 14.6. The topological polar surface area (TPSA) is 114 Å². The maximum absolute atomic E-state index is 13.6. The van der Waals surface area contributed by atoms with Crippen molar-refractivity contribution in [3.05, 3.63) is 72.9 Å². The number of hydrogen-bond donors (Lipinski definition) is 1. The molecule has 3 unspecified atom stereocenters. The van der Waals surface area contributed by atoms with Gasteiger partial charge in [0.25, 0.3) is 7.82 Å². The molecule has 0 rings (SSSR count).